The number of carbonyl (C=O) groups excluding carboxylic acids is 1. The van der Waals surface area contributed by atoms with Crippen LogP contribution in [0.3, 0.4) is 0 Å². The molecular formula is C29H25N3O. The zero-order valence-electron chi connectivity index (χ0n) is 18.2. The third kappa shape index (κ3) is 3.59. The van der Waals surface area contributed by atoms with Gasteiger partial charge in [0.05, 0.1) is 0 Å². The van der Waals surface area contributed by atoms with Gasteiger partial charge < -0.3 is 5.32 Å². The van der Waals surface area contributed by atoms with Crippen LogP contribution in [0.1, 0.15) is 22.6 Å². The molecule has 1 saturated heterocycles. The molecule has 4 heteroatoms. The summed E-state index contributed by atoms with van der Waals surface area (Å²) in [5.74, 6) is 0.0612. The van der Waals surface area contributed by atoms with Crippen LogP contribution in [-0.2, 0) is 11.2 Å². The minimum Gasteiger partial charge on any atom is -0.363 e. The Labute approximate surface area is 193 Å². The number of hydrogen-bond acceptors (Lipinski definition) is 3. The highest BCUT2D eigenvalue weighted by molar-refractivity contribution is 5.97. The van der Waals surface area contributed by atoms with E-state index in [-0.39, 0.29) is 24.0 Å². The van der Waals surface area contributed by atoms with E-state index in [1.165, 1.54) is 21.9 Å². The number of hydrazine groups is 1. The summed E-state index contributed by atoms with van der Waals surface area (Å²) in [6, 6.07) is 35.6. The van der Waals surface area contributed by atoms with Crippen molar-refractivity contribution in [2.75, 3.05) is 0 Å². The highest BCUT2D eigenvalue weighted by Crippen LogP contribution is 2.39. The van der Waals surface area contributed by atoms with E-state index < -0.39 is 0 Å². The maximum Gasteiger partial charge on any atom is 0.264 e. The number of amides is 1. The molecule has 2 N–H and O–H groups in total. The Balaban J connectivity index is 1.45. The van der Waals surface area contributed by atoms with E-state index in [9.17, 15) is 4.79 Å². The molecule has 0 aliphatic carbocycles. The summed E-state index contributed by atoms with van der Waals surface area (Å²) in [6.07, 6.45) is 2.35. The molecule has 0 bridgehead atoms. The van der Waals surface area contributed by atoms with Gasteiger partial charge in [-0.2, -0.15) is 0 Å². The zero-order valence-corrected chi connectivity index (χ0v) is 18.2. The van der Waals surface area contributed by atoms with Gasteiger partial charge in [-0.1, -0.05) is 103 Å². The molecule has 4 nitrogen and oxygen atoms in total. The van der Waals surface area contributed by atoms with Crippen LogP contribution in [0.15, 0.2) is 109 Å². The van der Waals surface area contributed by atoms with Crippen molar-refractivity contribution in [1.82, 2.24) is 15.8 Å². The Kier molecular flexibility index (Phi) is 4.93. The molecule has 2 heterocycles. The molecule has 4 aromatic rings. The van der Waals surface area contributed by atoms with Crippen molar-refractivity contribution in [2.24, 2.45) is 0 Å². The van der Waals surface area contributed by atoms with Gasteiger partial charge in [-0.05, 0) is 33.9 Å². The molecule has 3 unspecified atom stereocenters. The van der Waals surface area contributed by atoms with E-state index in [1.54, 1.807) is 11.1 Å². The molecule has 0 spiro atoms. The highest BCUT2D eigenvalue weighted by atomic mass is 16.2. The lowest BCUT2D eigenvalue weighted by Gasteiger charge is -2.33. The Hall–Kier alpha value is -3.89. The lowest BCUT2D eigenvalue weighted by Crippen LogP contribution is -2.52. The third-order valence-electron chi connectivity index (χ3n) is 6.73. The summed E-state index contributed by atoms with van der Waals surface area (Å²) in [7, 11) is 0. The van der Waals surface area contributed by atoms with Crippen LogP contribution in [0.4, 0.5) is 0 Å². The molecule has 2 aliphatic heterocycles. The number of benzene rings is 4. The smallest absolute Gasteiger partial charge is 0.264 e. The molecule has 4 aromatic carbocycles. The minimum atomic E-state index is -0.183. The van der Waals surface area contributed by atoms with E-state index in [1.807, 2.05) is 36.4 Å². The average Bonchev–Trinajstić information content (AvgIpc) is 3.23. The summed E-state index contributed by atoms with van der Waals surface area (Å²) in [5, 5.41) is 7.93. The largest absolute Gasteiger partial charge is 0.363 e. The summed E-state index contributed by atoms with van der Waals surface area (Å²) in [5.41, 5.74) is 7.95. The average molecular weight is 432 g/mol. The molecule has 6 rings (SSSR count). The van der Waals surface area contributed by atoms with Crippen LogP contribution >= 0.6 is 0 Å². The fraction of sp³-hybridized carbons (Fsp3) is 0.138. The van der Waals surface area contributed by atoms with Crippen LogP contribution < -0.4 is 10.7 Å². The first-order valence-corrected chi connectivity index (χ1v) is 11.4. The van der Waals surface area contributed by atoms with Crippen molar-refractivity contribution in [3.8, 4) is 0 Å². The van der Waals surface area contributed by atoms with Gasteiger partial charge in [0, 0.05) is 23.7 Å². The molecule has 0 radical (unpaired) electrons. The summed E-state index contributed by atoms with van der Waals surface area (Å²) in [4.78, 5) is 13.2. The zero-order chi connectivity index (χ0) is 22.2. The second kappa shape index (κ2) is 8.23. The summed E-state index contributed by atoms with van der Waals surface area (Å²) < 4.78 is 0. The van der Waals surface area contributed by atoms with Crippen LogP contribution in [0.25, 0.3) is 16.5 Å². The van der Waals surface area contributed by atoms with Gasteiger partial charge in [0.25, 0.3) is 5.91 Å². The van der Waals surface area contributed by atoms with Gasteiger partial charge in [0.2, 0.25) is 0 Å². The Morgan fingerprint density at radius 2 is 1.45 bits per heavy atom. The predicted octanol–water partition coefficient (Wildman–Crippen LogP) is 4.85. The van der Waals surface area contributed by atoms with Crippen molar-refractivity contribution >= 4 is 22.4 Å². The van der Waals surface area contributed by atoms with E-state index >= 15 is 0 Å². The molecule has 162 valence electrons. The number of carbonyl (C=O) groups is 1. The van der Waals surface area contributed by atoms with Crippen molar-refractivity contribution in [1.29, 1.82) is 0 Å². The molecular weight excluding hydrogens is 406 g/mol. The molecule has 0 aromatic heterocycles. The molecule has 1 amide bonds. The molecule has 1 fully saturated rings. The Bertz CT molecular complexity index is 1330. The van der Waals surface area contributed by atoms with Crippen molar-refractivity contribution < 1.29 is 4.79 Å². The van der Waals surface area contributed by atoms with E-state index in [2.05, 4.69) is 77.5 Å². The van der Waals surface area contributed by atoms with Crippen molar-refractivity contribution in [2.45, 2.75) is 24.5 Å². The highest BCUT2D eigenvalue weighted by Gasteiger charge is 2.46. The van der Waals surface area contributed by atoms with Crippen LogP contribution in [-0.4, -0.2) is 23.1 Å². The molecule has 2 aliphatic rings. The first-order chi connectivity index (χ1) is 16.3. The number of nitrogens with one attached hydrogen (secondary N) is 2. The Morgan fingerprint density at radius 1 is 0.758 bits per heavy atom. The van der Waals surface area contributed by atoms with Crippen LogP contribution in [0.2, 0.25) is 0 Å². The molecule has 3 atom stereocenters. The predicted molar refractivity (Wildman–Crippen MR) is 132 cm³/mol. The molecule has 0 saturated carbocycles. The quantitative estimate of drug-likeness (QED) is 0.485. The first-order valence-electron chi connectivity index (χ1n) is 11.4. The maximum atomic E-state index is 13.2. The Morgan fingerprint density at radius 3 is 2.27 bits per heavy atom. The van der Waals surface area contributed by atoms with Crippen LogP contribution in [0, 0.1) is 0 Å². The van der Waals surface area contributed by atoms with Gasteiger partial charge in [0.15, 0.2) is 0 Å². The number of rotatable bonds is 4. The lowest BCUT2D eigenvalue weighted by atomic mass is 9.84. The van der Waals surface area contributed by atoms with Gasteiger partial charge in [-0.25, -0.2) is 5.43 Å². The maximum absolute atomic E-state index is 13.2. The first kappa shape index (κ1) is 19.8. The van der Waals surface area contributed by atoms with Gasteiger partial charge in [-0.3, -0.25) is 9.80 Å². The number of fused-ring (bicyclic) bond motifs is 2. The topological polar surface area (TPSA) is 44.4 Å². The van der Waals surface area contributed by atoms with E-state index in [4.69, 9.17) is 0 Å². The van der Waals surface area contributed by atoms with Crippen molar-refractivity contribution in [3.05, 3.63) is 126 Å². The monoisotopic (exact) mass is 431 g/mol. The second-order valence-corrected chi connectivity index (χ2v) is 8.74. The summed E-state index contributed by atoms with van der Waals surface area (Å²) in [6.45, 7) is 0. The second-order valence-electron chi connectivity index (χ2n) is 8.74. The van der Waals surface area contributed by atoms with E-state index in [0.29, 0.717) is 0 Å². The lowest BCUT2D eigenvalue weighted by molar-refractivity contribution is -0.131. The van der Waals surface area contributed by atoms with Gasteiger partial charge >= 0.3 is 0 Å². The fourth-order valence-electron chi connectivity index (χ4n) is 5.22. The SMILES string of the molecule is O=C1C=C(c2ccccc2)NC2C(c3cccc4ccccc34)C(Cc3ccccc3)NN12. The third-order valence-corrected chi connectivity index (χ3v) is 6.73. The fourth-order valence-corrected chi connectivity index (χ4v) is 5.22. The standard InChI is InChI=1S/C29H25N3O/c33-27-19-25(22-13-5-2-6-14-22)30-29-28(24-17-9-15-21-12-7-8-16-23(21)24)26(31-32(27)29)18-20-10-3-1-4-11-20/h1-17,19,26,28-31H,18H2. The van der Waals surface area contributed by atoms with E-state index in [0.717, 1.165) is 17.7 Å². The number of hydrogen-bond donors (Lipinski definition) is 2. The van der Waals surface area contributed by atoms with Gasteiger partial charge in [-0.15, -0.1) is 0 Å². The minimum absolute atomic E-state index is 0.0154. The molecule has 33 heavy (non-hydrogen) atoms. The van der Waals surface area contributed by atoms with Gasteiger partial charge in [0.1, 0.15) is 6.17 Å². The number of nitrogens with zero attached hydrogens (tertiary/aromatic N) is 1. The summed E-state index contributed by atoms with van der Waals surface area (Å²) >= 11 is 0. The van der Waals surface area contributed by atoms with Crippen molar-refractivity contribution in [3.63, 3.8) is 0 Å². The van der Waals surface area contributed by atoms with Crippen LogP contribution in [0.5, 0.6) is 0 Å². The normalized spacial score (nSPS) is 22.1.